The zero-order valence-corrected chi connectivity index (χ0v) is 9.21. The third kappa shape index (κ3) is 4.04. The van der Waals surface area contributed by atoms with Crippen LogP contribution in [0, 0.1) is 0 Å². The first-order valence-corrected chi connectivity index (χ1v) is 5.09. The highest BCUT2D eigenvalue weighted by molar-refractivity contribution is 6.33. The predicted molar refractivity (Wildman–Crippen MR) is 63.0 cm³/mol. The molecule has 0 fully saturated rings. The molecule has 0 saturated carbocycles. The van der Waals surface area contributed by atoms with E-state index in [1.807, 2.05) is 25.1 Å². The van der Waals surface area contributed by atoms with Crippen LogP contribution in [-0.4, -0.2) is 6.03 Å². The molecule has 15 heavy (non-hydrogen) atoms. The second kappa shape index (κ2) is 6.09. The van der Waals surface area contributed by atoms with Gasteiger partial charge >= 0.3 is 6.03 Å². The summed E-state index contributed by atoms with van der Waals surface area (Å²) in [4.78, 5) is 11.3. The van der Waals surface area contributed by atoms with E-state index in [0.717, 1.165) is 6.42 Å². The van der Waals surface area contributed by atoms with Gasteiger partial charge in [0.05, 0.1) is 10.7 Å². The summed E-state index contributed by atoms with van der Waals surface area (Å²) in [5.41, 5.74) is 0.599. The number of carbonyl (C=O) groups is 1. The van der Waals surface area contributed by atoms with Gasteiger partial charge in [0.25, 0.3) is 0 Å². The van der Waals surface area contributed by atoms with Crippen molar-refractivity contribution in [1.82, 2.24) is 5.32 Å². The number of anilines is 1. The van der Waals surface area contributed by atoms with Gasteiger partial charge < -0.3 is 10.6 Å². The lowest BCUT2D eigenvalue weighted by molar-refractivity contribution is 0.255. The van der Waals surface area contributed by atoms with Crippen LogP contribution in [0.1, 0.15) is 13.3 Å². The molecule has 0 spiro atoms. The van der Waals surface area contributed by atoms with Crippen LogP contribution in [0.15, 0.2) is 36.5 Å². The summed E-state index contributed by atoms with van der Waals surface area (Å²) >= 11 is 5.87. The third-order valence-corrected chi connectivity index (χ3v) is 2.02. The number of carbonyl (C=O) groups excluding carboxylic acids is 1. The van der Waals surface area contributed by atoms with Crippen LogP contribution < -0.4 is 10.6 Å². The molecular formula is C11H13ClN2O. The maximum atomic E-state index is 11.3. The normalized spacial score (nSPS) is 10.3. The van der Waals surface area contributed by atoms with Gasteiger partial charge in [-0.25, -0.2) is 4.79 Å². The number of amides is 2. The molecule has 0 atom stereocenters. The highest BCUT2D eigenvalue weighted by atomic mass is 35.5. The van der Waals surface area contributed by atoms with Crippen LogP contribution in [-0.2, 0) is 0 Å². The molecule has 2 amide bonds. The first-order chi connectivity index (χ1) is 7.24. The van der Waals surface area contributed by atoms with Crippen LogP contribution >= 0.6 is 11.6 Å². The summed E-state index contributed by atoms with van der Waals surface area (Å²) in [5, 5.41) is 5.73. The number of benzene rings is 1. The summed E-state index contributed by atoms with van der Waals surface area (Å²) in [5.74, 6) is 0. The number of hydrogen-bond donors (Lipinski definition) is 2. The van der Waals surface area contributed by atoms with Gasteiger partial charge in [0.2, 0.25) is 0 Å². The summed E-state index contributed by atoms with van der Waals surface area (Å²) < 4.78 is 0. The van der Waals surface area contributed by atoms with Gasteiger partial charge in [-0.2, -0.15) is 0 Å². The van der Waals surface area contributed by atoms with E-state index in [0.29, 0.717) is 10.7 Å². The van der Waals surface area contributed by atoms with Crippen LogP contribution in [0.25, 0.3) is 0 Å². The summed E-state index contributed by atoms with van der Waals surface area (Å²) in [6.45, 7) is 1.99. The Kier molecular flexibility index (Phi) is 4.71. The van der Waals surface area contributed by atoms with Crippen LogP contribution in [0.3, 0.4) is 0 Å². The fraction of sp³-hybridized carbons (Fsp3) is 0.182. The molecule has 0 bridgehead atoms. The minimum absolute atomic E-state index is 0.298. The molecule has 1 rings (SSSR count). The lowest BCUT2D eigenvalue weighted by atomic mass is 10.3. The second-order valence-corrected chi connectivity index (χ2v) is 3.30. The topological polar surface area (TPSA) is 41.1 Å². The maximum Gasteiger partial charge on any atom is 0.323 e. The van der Waals surface area contributed by atoms with Crippen molar-refractivity contribution in [2.45, 2.75) is 13.3 Å². The Morgan fingerprint density at radius 1 is 1.47 bits per heavy atom. The molecule has 1 aromatic rings. The first-order valence-electron chi connectivity index (χ1n) is 4.71. The minimum atomic E-state index is -0.298. The molecule has 0 aliphatic rings. The predicted octanol–water partition coefficient (Wildman–Crippen LogP) is 3.39. The number of urea groups is 1. The molecule has 0 unspecified atom stereocenters. The smallest absolute Gasteiger partial charge is 0.315 e. The van der Waals surface area contributed by atoms with Crippen LogP contribution in [0.2, 0.25) is 5.02 Å². The number of nitrogens with one attached hydrogen (secondary N) is 2. The average Bonchev–Trinajstić information content (AvgIpc) is 2.22. The fourth-order valence-corrected chi connectivity index (χ4v) is 1.16. The minimum Gasteiger partial charge on any atom is -0.315 e. The number of rotatable bonds is 3. The Morgan fingerprint density at radius 2 is 2.20 bits per heavy atom. The van der Waals surface area contributed by atoms with E-state index in [1.54, 1.807) is 18.3 Å². The van der Waals surface area contributed by atoms with E-state index in [1.165, 1.54) is 0 Å². The van der Waals surface area contributed by atoms with Gasteiger partial charge in [-0.3, -0.25) is 0 Å². The molecule has 1 aromatic carbocycles. The standard InChI is InChI=1S/C11H13ClN2O/c1-2-3-8-13-11(15)14-10-7-5-4-6-9(10)12/h3-8H,2H2,1H3,(H2,13,14,15)/b8-3+. The molecular weight excluding hydrogens is 212 g/mol. The average molecular weight is 225 g/mol. The summed E-state index contributed by atoms with van der Waals surface area (Å²) in [6.07, 6.45) is 4.34. The Morgan fingerprint density at radius 3 is 2.87 bits per heavy atom. The summed E-state index contributed by atoms with van der Waals surface area (Å²) in [7, 11) is 0. The van der Waals surface area contributed by atoms with Crippen LogP contribution in [0.5, 0.6) is 0 Å². The van der Waals surface area contributed by atoms with E-state index in [9.17, 15) is 4.79 Å². The largest absolute Gasteiger partial charge is 0.323 e. The van der Waals surface area contributed by atoms with Crippen molar-refractivity contribution in [3.05, 3.63) is 41.6 Å². The molecule has 3 nitrogen and oxygen atoms in total. The van der Waals surface area contributed by atoms with Gasteiger partial charge in [0, 0.05) is 6.20 Å². The van der Waals surface area contributed by atoms with Crippen LogP contribution in [0.4, 0.5) is 10.5 Å². The van der Waals surface area contributed by atoms with E-state index >= 15 is 0 Å². The molecule has 80 valence electrons. The molecule has 0 aliphatic carbocycles. The van der Waals surface area contributed by atoms with Gasteiger partial charge in [0.1, 0.15) is 0 Å². The van der Waals surface area contributed by atoms with Crippen molar-refractivity contribution in [2.75, 3.05) is 5.32 Å². The maximum absolute atomic E-state index is 11.3. The first kappa shape index (κ1) is 11.6. The molecule has 0 saturated heterocycles. The Hall–Kier alpha value is -1.48. The van der Waals surface area contributed by atoms with Crippen molar-refractivity contribution < 1.29 is 4.79 Å². The summed E-state index contributed by atoms with van der Waals surface area (Å²) in [6, 6.07) is 6.78. The molecule has 0 radical (unpaired) electrons. The highest BCUT2D eigenvalue weighted by Gasteiger charge is 2.01. The lowest BCUT2D eigenvalue weighted by Crippen LogP contribution is -2.23. The fourth-order valence-electron chi connectivity index (χ4n) is 0.973. The van der Waals surface area contributed by atoms with E-state index < -0.39 is 0 Å². The van der Waals surface area contributed by atoms with Gasteiger partial charge in [0.15, 0.2) is 0 Å². The number of para-hydroxylation sites is 1. The zero-order valence-electron chi connectivity index (χ0n) is 8.46. The SMILES string of the molecule is CC/C=C/NC(=O)Nc1ccccc1Cl. The molecule has 2 N–H and O–H groups in total. The van der Waals surface area contributed by atoms with E-state index in [4.69, 9.17) is 11.6 Å². The Bertz CT molecular complexity index is 363. The van der Waals surface area contributed by atoms with Crippen molar-refractivity contribution in [3.8, 4) is 0 Å². The Balaban J connectivity index is 2.52. The lowest BCUT2D eigenvalue weighted by Gasteiger charge is -2.05. The molecule has 0 aromatic heterocycles. The molecule has 4 heteroatoms. The van der Waals surface area contributed by atoms with Gasteiger partial charge in [-0.05, 0) is 18.6 Å². The Labute approximate surface area is 94.1 Å². The van der Waals surface area contributed by atoms with E-state index in [2.05, 4.69) is 10.6 Å². The van der Waals surface area contributed by atoms with Gasteiger partial charge in [-0.15, -0.1) is 0 Å². The third-order valence-electron chi connectivity index (χ3n) is 1.69. The van der Waals surface area contributed by atoms with Crippen molar-refractivity contribution in [2.24, 2.45) is 0 Å². The number of allylic oxidation sites excluding steroid dienone is 1. The highest BCUT2D eigenvalue weighted by Crippen LogP contribution is 2.19. The quantitative estimate of drug-likeness (QED) is 0.812. The molecule has 0 aliphatic heterocycles. The van der Waals surface area contributed by atoms with Crippen molar-refractivity contribution >= 4 is 23.3 Å². The molecule has 0 heterocycles. The number of halogens is 1. The zero-order chi connectivity index (χ0) is 11.1. The second-order valence-electron chi connectivity index (χ2n) is 2.89. The van der Waals surface area contributed by atoms with E-state index in [-0.39, 0.29) is 6.03 Å². The van der Waals surface area contributed by atoms with Crippen molar-refractivity contribution in [3.63, 3.8) is 0 Å². The van der Waals surface area contributed by atoms with Crippen molar-refractivity contribution in [1.29, 1.82) is 0 Å². The van der Waals surface area contributed by atoms with Gasteiger partial charge in [-0.1, -0.05) is 36.7 Å². The number of hydrogen-bond acceptors (Lipinski definition) is 1. The monoisotopic (exact) mass is 224 g/mol.